The predicted octanol–water partition coefficient (Wildman–Crippen LogP) is 3.23. The van der Waals surface area contributed by atoms with Crippen LogP contribution in [0, 0.1) is 5.41 Å². The molecule has 1 saturated heterocycles. The molecule has 0 radical (unpaired) electrons. The molecule has 0 spiro atoms. The molecule has 1 aromatic rings. The maximum absolute atomic E-state index is 13.3. The third-order valence-corrected chi connectivity index (χ3v) is 4.95. The second kappa shape index (κ2) is 9.68. The number of hydrogen-bond donors (Lipinski definition) is 1. The van der Waals surface area contributed by atoms with Crippen LogP contribution < -0.4 is 5.48 Å². The predicted molar refractivity (Wildman–Crippen MR) is 117 cm³/mol. The van der Waals surface area contributed by atoms with Gasteiger partial charge in [-0.1, -0.05) is 39.0 Å². The molecule has 172 valence electrons. The first-order chi connectivity index (χ1) is 14.3. The summed E-state index contributed by atoms with van der Waals surface area (Å²) in [5, 5.41) is 0. The van der Waals surface area contributed by atoms with E-state index in [4.69, 9.17) is 9.57 Å². The fourth-order valence-corrected chi connectivity index (χ4v) is 3.29. The minimum absolute atomic E-state index is 0.176. The summed E-state index contributed by atoms with van der Waals surface area (Å²) in [4.78, 5) is 46.6. The molecule has 1 fully saturated rings. The van der Waals surface area contributed by atoms with E-state index in [9.17, 15) is 14.4 Å². The highest BCUT2D eigenvalue weighted by molar-refractivity contribution is 5.89. The van der Waals surface area contributed by atoms with Gasteiger partial charge in [0.2, 0.25) is 5.91 Å². The van der Waals surface area contributed by atoms with E-state index >= 15 is 0 Å². The topological polar surface area (TPSA) is 88.2 Å². The van der Waals surface area contributed by atoms with Crippen molar-refractivity contribution in [2.45, 2.75) is 66.2 Å². The number of hydrogen-bond acceptors (Lipinski definition) is 6. The SMILES string of the molecule is C[C@@H]1CN(C(=O)OC(C)(C)C)CCN1C(=O)[C@@H](NOC(=O)c1ccccc1)C(C)(C)C. The molecular formula is C23H35N3O5. The van der Waals surface area contributed by atoms with E-state index in [1.165, 1.54) is 0 Å². The molecule has 1 aliphatic rings. The Hall–Kier alpha value is -2.61. The number of ether oxygens (including phenoxy) is 1. The summed E-state index contributed by atoms with van der Waals surface area (Å²) in [6.45, 7) is 14.2. The first kappa shape index (κ1) is 24.7. The Morgan fingerprint density at radius 2 is 1.65 bits per heavy atom. The molecule has 31 heavy (non-hydrogen) atoms. The Bertz CT molecular complexity index is 783. The Morgan fingerprint density at radius 1 is 1.03 bits per heavy atom. The second-order valence-electron chi connectivity index (χ2n) is 9.98. The number of hydroxylamine groups is 1. The molecular weight excluding hydrogens is 398 g/mol. The standard InChI is InChI=1S/C23H35N3O5/c1-16-15-25(21(29)30-23(5,6)7)13-14-26(16)19(27)18(22(2,3)4)24-31-20(28)17-11-9-8-10-12-17/h8-12,16,18,24H,13-15H2,1-7H3/t16-,18-/m1/s1. The number of benzene rings is 1. The number of nitrogens with zero attached hydrogens (tertiary/aromatic N) is 2. The zero-order valence-electron chi connectivity index (χ0n) is 19.6. The van der Waals surface area contributed by atoms with Crippen LogP contribution >= 0.6 is 0 Å². The van der Waals surface area contributed by atoms with Crippen LogP contribution in [0.4, 0.5) is 4.79 Å². The molecule has 0 aliphatic carbocycles. The summed E-state index contributed by atoms with van der Waals surface area (Å²) in [6, 6.07) is 7.65. The molecule has 2 atom stereocenters. The average Bonchev–Trinajstić information content (AvgIpc) is 2.66. The van der Waals surface area contributed by atoms with Gasteiger partial charge in [0, 0.05) is 25.7 Å². The Morgan fingerprint density at radius 3 is 2.16 bits per heavy atom. The van der Waals surface area contributed by atoms with Gasteiger partial charge in [-0.25, -0.2) is 9.59 Å². The van der Waals surface area contributed by atoms with Crippen molar-refractivity contribution in [3.63, 3.8) is 0 Å². The van der Waals surface area contributed by atoms with Gasteiger partial charge in [-0.15, -0.1) is 5.48 Å². The number of carbonyl (C=O) groups is 3. The van der Waals surface area contributed by atoms with Crippen molar-refractivity contribution in [1.29, 1.82) is 0 Å². The van der Waals surface area contributed by atoms with E-state index in [-0.39, 0.29) is 18.0 Å². The fraction of sp³-hybridized carbons (Fsp3) is 0.609. The first-order valence-electron chi connectivity index (χ1n) is 10.6. The summed E-state index contributed by atoms with van der Waals surface area (Å²) in [6.07, 6.45) is -0.381. The van der Waals surface area contributed by atoms with Crippen molar-refractivity contribution in [2.75, 3.05) is 19.6 Å². The van der Waals surface area contributed by atoms with Crippen LogP contribution in [0.5, 0.6) is 0 Å². The van der Waals surface area contributed by atoms with E-state index in [1.807, 2.05) is 54.5 Å². The van der Waals surface area contributed by atoms with Crippen molar-refractivity contribution >= 4 is 18.0 Å². The molecule has 1 aromatic carbocycles. The second-order valence-corrected chi connectivity index (χ2v) is 9.98. The van der Waals surface area contributed by atoms with Crippen LogP contribution in [0.1, 0.15) is 58.8 Å². The lowest BCUT2D eigenvalue weighted by Gasteiger charge is -2.43. The lowest BCUT2D eigenvalue weighted by atomic mass is 9.86. The number of piperazine rings is 1. The third kappa shape index (κ3) is 6.95. The Kier molecular flexibility index (Phi) is 7.70. The van der Waals surface area contributed by atoms with Gasteiger partial charge >= 0.3 is 12.1 Å². The van der Waals surface area contributed by atoms with Crippen LogP contribution in [0.2, 0.25) is 0 Å². The fourth-order valence-electron chi connectivity index (χ4n) is 3.29. The highest BCUT2D eigenvalue weighted by atomic mass is 16.7. The lowest BCUT2D eigenvalue weighted by molar-refractivity contribution is -0.144. The van der Waals surface area contributed by atoms with E-state index in [0.717, 1.165) is 0 Å². The average molecular weight is 434 g/mol. The highest BCUT2D eigenvalue weighted by Crippen LogP contribution is 2.24. The van der Waals surface area contributed by atoms with Crippen molar-refractivity contribution in [3.05, 3.63) is 35.9 Å². The number of carbonyl (C=O) groups excluding carboxylic acids is 3. The van der Waals surface area contributed by atoms with E-state index < -0.39 is 23.0 Å². The van der Waals surface area contributed by atoms with Crippen LogP contribution in [0.3, 0.4) is 0 Å². The van der Waals surface area contributed by atoms with E-state index in [2.05, 4.69) is 5.48 Å². The van der Waals surface area contributed by atoms with Gasteiger partial charge < -0.3 is 19.4 Å². The van der Waals surface area contributed by atoms with Gasteiger partial charge in [0.15, 0.2) is 0 Å². The van der Waals surface area contributed by atoms with Crippen molar-refractivity contribution < 1.29 is 24.0 Å². The Labute approximate surface area is 184 Å². The number of nitrogens with one attached hydrogen (secondary N) is 1. The summed E-state index contributed by atoms with van der Waals surface area (Å²) in [5.74, 6) is -0.727. The quantitative estimate of drug-likeness (QED) is 0.734. The minimum atomic E-state index is -0.740. The molecule has 2 rings (SSSR count). The molecule has 0 bridgehead atoms. The molecule has 2 amide bonds. The zero-order chi connectivity index (χ0) is 23.4. The van der Waals surface area contributed by atoms with Crippen LogP contribution in [0.25, 0.3) is 0 Å². The maximum atomic E-state index is 13.3. The Balaban J connectivity index is 2.03. The van der Waals surface area contributed by atoms with Crippen LogP contribution in [-0.2, 0) is 14.4 Å². The largest absolute Gasteiger partial charge is 0.444 e. The van der Waals surface area contributed by atoms with Crippen LogP contribution in [0.15, 0.2) is 30.3 Å². The van der Waals surface area contributed by atoms with Gasteiger partial charge in [-0.3, -0.25) is 4.79 Å². The summed E-state index contributed by atoms with van der Waals surface area (Å²) >= 11 is 0. The first-order valence-corrected chi connectivity index (χ1v) is 10.6. The molecule has 1 heterocycles. The smallest absolute Gasteiger partial charge is 0.410 e. The summed E-state index contributed by atoms with van der Waals surface area (Å²) < 4.78 is 5.44. The monoisotopic (exact) mass is 433 g/mol. The minimum Gasteiger partial charge on any atom is -0.444 e. The molecule has 0 saturated carbocycles. The van der Waals surface area contributed by atoms with Gasteiger partial charge in [-0.05, 0) is 45.2 Å². The van der Waals surface area contributed by atoms with Gasteiger partial charge in [0.1, 0.15) is 11.6 Å². The molecule has 0 aromatic heterocycles. The van der Waals surface area contributed by atoms with E-state index in [1.54, 1.807) is 34.1 Å². The molecule has 1 aliphatic heterocycles. The van der Waals surface area contributed by atoms with Crippen molar-refractivity contribution in [2.24, 2.45) is 5.41 Å². The van der Waals surface area contributed by atoms with Crippen molar-refractivity contribution in [1.82, 2.24) is 15.3 Å². The van der Waals surface area contributed by atoms with Gasteiger partial charge in [0.25, 0.3) is 0 Å². The highest BCUT2D eigenvalue weighted by Gasteiger charge is 2.40. The van der Waals surface area contributed by atoms with Gasteiger partial charge in [0.05, 0.1) is 5.56 Å². The number of amides is 2. The summed E-state index contributed by atoms with van der Waals surface area (Å²) in [7, 11) is 0. The molecule has 8 nitrogen and oxygen atoms in total. The van der Waals surface area contributed by atoms with Crippen molar-refractivity contribution in [3.8, 4) is 0 Å². The summed E-state index contributed by atoms with van der Waals surface area (Å²) in [5.41, 5.74) is 2.02. The number of rotatable bonds is 4. The normalized spacial score (nSPS) is 18.4. The lowest BCUT2D eigenvalue weighted by Crippen LogP contribution is -2.61. The van der Waals surface area contributed by atoms with Crippen LogP contribution in [-0.4, -0.2) is 65.1 Å². The van der Waals surface area contributed by atoms with E-state index in [0.29, 0.717) is 25.2 Å². The molecule has 0 unspecified atom stereocenters. The molecule has 1 N–H and O–H groups in total. The molecule has 8 heteroatoms. The van der Waals surface area contributed by atoms with Gasteiger partial charge in [-0.2, -0.15) is 0 Å². The third-order valence-electron chi connectivity index (χ3n) is 4.95. The zero-order valence-corrected chi connectivity index (χ0v) is 19.6. The maximum Gasteiger partial charge on any atom is 0.410 e.